The molecule has 0 aromatic heterocycles. The van der Waals surface area contributed by atoms with E-state index in [4.69, 9.17) is 4.89 Å². The van der Waals surface area contributed by atoms with Crippen LogP contribution in [0.2, 0.25) is 0 Å². The molecule has 0 heterocycles. The first-order valence-corrected chi connectivity index (χ1v) is 7.78. The van der Waals surface area contributed by atoms with Crippen molar-refractivity contribution in [2.24, 2.45) is 0 Å². The molecule has 22 heavy (non-hydrogen) atoms. The van der Waals surface area contributed by atoms with Crippen molar-refractivity contribution in [3.63, 3.8) is 0 Å². The normalized spacial score (nSPS) is 10.5. The van der Waals surface area contributed by atoms with E-state index < -0.39 is 8.25 Å². The van der Waals surface area contributed by atoms with Crippen molar-refractivity contribution in [2.45, 2.75) is 13.3 Å². The van der Waals surface area contributed by atoms with Crippen LogP contribution in [0.4, 0.5) is 0 Å². The lowest BCUT2D eigenvalue weighted by atomic mass is 10.3. The molecule has 0 radical (unpaired) electrons. The molecule has 136 valence electrons. The van der Waals surface area contributed by atoms with Crippen molar-refractivity contribution in [3.05, 3.63) is 12.2 Å². The maximum atomic E-state index is 10.9. The second-order valence-corrected chi connectivity index (χ2v) is 6.01. The van der Waals surface area contributed by atoms with Gasteiger partial charge in [-0.1, -0.05) is 6.58 Å². The van der Waals surface area contributed by atoms with Gasteiger partial charge in [-0.15, -0.1) is 12.4 Å². The summed E-state index contributed by atoms with van der Waals surface area (Å²) in [7, 11) is 9.17. The predicted molar refractivity (Wildman–Crippen MR) is 96.1 cm³/mol. The molecule has 0 bridgehead atoms. The Balaban J connectivity index is -0.000000150. The van der Waals surface area contributed by atoms with E-state index in [1.807, 2.05) is 52.1 Å². The predicted octanol–water partition coefficient (Wildman–Crippen LogP) is 1.24. The van der Waals surface area contributed by atoms with E-state index in [9.17, 15) is 9.36 Å². The van der Waals surface area contributed by atoms with Crippen LogP contribution in [0.15, 0.2) is 12.2 Å². The topological polar surface area (TPSA) is 82.1 Å². The van der Waals surface area contributed by atoms with Gasteiger partial charge < -0.3 is 24.5 Å². The van der Waals surface area contributed by atoms with Crippen molar-refractivity contribution in [1.29, 1.82) is 0 Å². The minimum Gasteiger partial charge on any atom is -0.352 e. The molecule has 1 amide bonds. The van der Waals surface area contributed by atoms with Crippen molar-refractivity contribution < 1.29 is 18.8 Å². The van der Waals surface area contributed by atoms with Gasteiger partial charge in [0.25, 0.3) is 0 Å². The van der Waals surface area contributed by atoms with Crippen LogP contribution in [0, 0.1) is 0 Å². The molecule has 0 spiro atoms. The lowest BCUT2D eigenvalue weighted by Gasteiger charge is -2.03. The first-order chi connectivity index (χ1) is 9.50. The summed E-state index contributed by atoms with van der Waals surface area (Å²) in [5.41, 5.74) is 0.441. The molecular weight excluding hydrogens is 329 g/mol. The second kappa shape index (κ2) is 20.6. The van der Waals surface area contributed by atoms with Crippen LogP contribution >= 0.6 is 20.7 Å². The summed E-state index contributed by atoms with van der Waals surface area (Å²) in [6.07, 6.45) is 0.510. The van der Waals surface area contributed by atoms with E-state index in [0.29, 0.717) is 18.5 Å². The van der Waals surface area contributed by atoms with Crippen LogP contribution in [0.3, 0.4) is 0 Å². The number of rotatable bonds is 6. The van der Waals surface area contributed by atoms with Crippen LogP contribution in [0.1, 0.15) is 13.3 Å². The number of nitrogens with zero attached hydrogens (tertiary/aromatic N) is 2. The maximum Gasteiger partial charge on any atom is 0.316 e. The molecule has 1 atom stereocenters. The average molecular weight is 362 g/mol. The Morgan fingerprint density at radius 2 is 1.55 bits per heavy atom. The maximum absolute atomic E-state index is 10.9. The van der Waals surface area contributed by atoms with E-state index in [1.54, 1.807) is 6.92 Å². The number of amides is 1. The van der Waals surface area contributed by atoms with Crippen LogP contribution in [-0.4, -0.2) is 76.0 Å². The van der Waals surface area contributed by atoms with Gasteiger partial charge in [0.05, 0.1) is 6.61 Å². The van der Waals surface area contributed by atoms with Gasteiger partial charge in [0.1, 0.15) is 0 Å². The zero-order chi connectivity index (χ0) is 17.4. The zero-order valence-electron chi connectivity index (χ0n) is 14.8. The summed E-state index contributed by atoms with van der Waals surface area (Å²) >= 11 is 0. The monoisotopic (exact) mass is 361 g/mol. The van der Waals surface area contributed by atoms with Gasteiger partial charge in [0, 0.05) is 12.1 Å². The fourth-order valence-corrected chi connectivity index (χ4v) is 0.903. The van der Waals surface area contributed by atoms with Gasteiger partial charge in [-0.05, 0) is 55.6 Å². The molecule has 0 aliphatic rings. The van der Waals surface area contributed by atoms with Gasteiger partial charge >= 0.3 is 8.25 Å². The third kappa shape index (κ3) is 50.4. The van der Waals surface area contributed by atoms with E-state index in [0.717, 1.165) is 0 Å². The highest BCUT2D eigenvalue weighted by molar-refractivity contribution is 7.32. The molecule has 7 nitrogen and oxygen atoms in total. The first-order valence-electron chi connectivity index (χ1n) is 6.52. The summed E-state index contributed by atoms with van der Waals surface area (Å²) in [6.45, 7) is 5.65. The van der Waals surface area contributed by atoms with Crippen molar-refractivity contribution in [1.82, 2.24) is 15.1 Å². The molecule has 1 unspecified atom stereocenters. The summed E-state index contributed by atoms with van der Waals surface area (Å²) in [5.74, 6) is -0.211. The number of halogens is 1. The minimum absolute atomic E-state index is 0. The standard InChI is InChI=1S/C7H14NO4P.2C3H9N.ClH/c1-6(2)7(9)8-4-3-5-12-13(10)11;2*1-4(2)3;/h13H,1,3-5H2,2H3,(H,8,9)(H,10,11);2*1-3H3;1H. The fraction of sp³-hybridized carbons (Fsp3) is 0.769. The molecular formula is C13H33ClN3O4P. The lowest BCUT2D eigenvalue weighted by molar-refractivity contribution is -0.117. The van der Waals surface area contributed by atoms with Gasteiger partial charge in [-0.25, -0.2) is 0 Å². The largest absolute Gasteiger partial charge is 0.352 e. The summed E-state index contributed by atoms with van der Waals surface area (Å²) in [4.78, 5) is 23.2. The quantitative estimate of drug-likeness (QED) is 0.421. The number of hydrogen-bond donors (Lipinski definition) is 2. The smallest absolute Gasteiger partial charge is 0.316 e. The molecule has 0 aliphatic heterocycles. The number of carbonyl (C=O) groups is 1. The van der Waals surface area contributed by atoms with Gasteiger partial charge in [0.2, 0.25) is 5.91 Å². The minimum atomic E-state index is -2.83. The van der Waals surface area contributed by atoms with E-state index >= 15 is 0 Å². The molecule has 2 N–H and O–H groups in total. The van der Waals surface area contributed by atoms with Crippen molar-refractivity contribution in [3.8, 4) is 0 Å². The Hall–Kier alpha value is -0.430. The highest BCUT2D eigenvalue weighted by Crippen LogP contribution is 2.13. The van der Waals surface area contributed by atoms with Crippen molar-refractivity contribution >= 4 is 26.6 Å². The number of nitrogens with one attached hydrogen (secondary N) is 1. The van der Waals surface area contributed by atoms with E-state index in [-0.39, 0.29) is 24.9 Å². The van der Waals surface area contributed by atoms with Crippen LogP contribution < -0.4 is 5.32 Å². The van der Waals surface area contributed by atoms with Gasteiger partial charge in [-0.2, -0.15) is 0 Å². The molecule has 0 aliphatic carbocycles. The van der Waals surface area contributed by atoms with Gasteiger partial charge in [-0.3, -0.25) is 9.36 Å². The summed E-state index contributed by atoms with van der Waals surface area (Å²) in [5, 5.41) is 2.56. The molecule has 0 fully saturated rings. The third-order valence-electron chi connectivity index (χ3n) is 1.22. The zero-order valence-corrected chi connectivity index (χ0v) is 16.6. The average Bonchev–Trinajstić information content (AvgIpc) is 2.26. The van der Waals surface area contributed by atoms with Crippen LogP contribution in [0.25, 0.3) is 0 Å². The van der Waals surface area contributed by atoms with Crippen LogP contribution in [-0.2, 0) is 13.9 Å². The summed E-state index contributed by atoms with van der Waals surface area (Å²) in [6, 6.07) is 0. The van der Waals surface area contributed by atoms with E-state index in [2.05, 4.69) is 16.4 Å². The molecule has 0 rings (SSSR count). The Bertz CT molecular complexity index is 292. The lowest BCUT2D eigenvalue weighted by Crippen LogP contribution is -2.25. The molecule has 9 heteroatoms. The second-order valence-electron chi connectivity index (χ2n) is 5.19. The molecule has 0 aromatic rings. The Kier molecular flexibility index (Phi) is 27.6. The highest BCUT2D eigenvalue weighted by atomic mass is 35.5. The highest BCUT2D eigenvalue weighted by Gasteiger charge is 1.99. The number of hydrogen-bond acceptors (Lipinski definition) is 5. The fourth-order valence-electron chi connectivity index (χ4n) is 0.584. The Morgan fingerprint density at radius 3 is 1.82 bits per heavy atom. The first kappa shape index (κ1) is 29.6. The third-order valence-corrected chi connectivity index (χ3v) is 1.67. The Morgan fingerprint density at radius 1 is 1.18 bits per heavy atom. The number of carbonyl (C=O) groups excluding carboxylic acids is 1. The van der Waals surface area contributed by atoms with Gasteiger partial charge in [0.15, 0.2) is 0 Å². The van der Waals surface area contributed by atoms with E-state index in [1.165, 1.54) is 0 Å². The molecule has 0 saturated carbocycles. The van der Waals surface area contributed by atoms with Crippen molar-refractivity contribution in [2.75, 3.05) is 55.4 Å². The Labute approximate surface area is 142 Å². The summed E-state index contributed by atoms with van der Waals surface area (Å²) < 4.78 is 14.5. The van der Waals surface area contributed by atoms with Crippen LogP contribution in [0.5, 0.6) is 0 Å². The molecule has 0 saturated heterocycles. The molecule has 0 aromatic carbocycles. The SMILES string of the molecule is C=C(C)C(=O)NCCCO[PH](=O)O.CN(C)C.CN(C)C.Cl.